The SMILES string of the molecule is CC1(C)CCc2ncc(F)cc2[C@H]2CCCN2c2ccn3ncc(c3n2)C(=O)NC1. The zero-order chi connectivity index (χ0) is 20.9. The maximum atomic E-state index is 14.2. The van der Waals surface area contributed by atoms with Gasteiger partial charge in [-0.2, -0.15) is 5.10 Å². The van der Waals surface area contributed by atoms with Crippen LogP contribution in [-0.4, -0.2) is 38.6 Å². The van der Waals surface area contributed by atoms with Crippen LogP contribution in [-0.2, 0) is 6.42 Å². The molecule has 30 heavy (non-hydrogen) atoms. The van der Waals surface area contributed by atoms with Crippen molar-refractivity contribution in [3.63, 3.8) is 0 Å². The Kier molecular flexibility index (Phi) is 4.45. The minimum absolute atomic E-state index is 0.0180. The predicted octanol–water partition coefficient (Wildman–Crippen LogP) is 3.31. The Bertz CT molecular complexity index is 1120. The summed E-state index contributed by atoms with van der Waals surface area (Å²) in [6.45, 7) is 5.59. The van der Waals surface area contributed by atoms with Gasteiger partial charge in [0.1, 0.15) is 17.2 Å². The van der Waals surface area contributed by atoms with Crippen molar-refractivity contribution in [2.45, 2.75) is 45.6 Å². The number of aryl methyl sites for hydroxylation is 1. The third-order valence-electron chi connectivity index (χ3n) is 6.24. The predicted molar refractivity (Wildman–Crippen MR) is 111 cm³/mol. The monoisotopic (exact) mass is 408 g/mol. The first-order valence-electron chi connectivity index (χ1n) is 10.4. The number of amides is 1. The molecule has 0 aromatic carbocycles. The van der Waals surface area contributed by atoms with Crippen molar-refractivity contribution in [3.8, 4) is 0 Å². The summed E-state index contributed by atoms with van der Waals surface area (Å²) in [5.74, 6) is 0.292. The summed E-state index contributed by atoms with van der Waals surface area (Å²) in [4.78, 5) is 24.3. The maximum Gasteiger partial charge on any atom is 0.256 e. The standard InChI is InChI=1S/C22H25FN6O/c1-22(2)7-5-17-15(10-14(23)11-24-17)18-4-3-8-28(18)19-6-9-29-20(27-19)16(12-26-29)21(30)25-13-22/h6,9-12,18H,3-5,7-8,13H2,1-2H3,(H,25,30)/t18-/m1/s1. The Hall–Kier alpha value is -3.03. The third kappa shape index (κ3) is 3.30. The number of halogens is 1. The number of hydrogen-bond acceptors (Lipinski definition) is 5. The van der Waals surface area contributed by atoms with E-state index in [9.17, 15) is 9.18 Å². The number of fused-ring (bicyclic) bond motifs is 5. The molecule has 0 radical (unpaired) electrons. The minimum atomic E-state index is -0.310. The quantitative estimate of drug-likeness (QED) is 0.618. The zero-order valence-corrected chi connectivity index (χ0v) is 17.2. The highest BCUT2D eigenvalue weighted by Crippen LogP contribution is 2.38. The van der Waals surface area contributed by atoms with E-state index in [2.05, 4.69) is 34.1 Å². The van der Waals surface area contributed by atoms with Crippen LogP contribution in [0.1, 0.15) is 60.8 Å². The topological polar surface area (TPSA) is 75.4 Å². The molecule has 1 saturated heterocycles. The van der Waals surface area contributed by atoms with E-state index < -0.39 is 0 Å². The fourth-order valence-corrected chi connectivity index (χ4v) is 4.48. The van der Waals surface area contributed by atoms with E-state index in [0.717, 1.165) is 49.3 Å². The number of hydrogen-bond donors (Lipinski definition) is 1. The third-order valence-corrected chi connectivity index (χ3v) is 6.24. The minimum Gasteiger partial charge on any atom is -0.351 e. The van der Waals surface area contributed by atoms with Crippen LogP contribution in [0.4, 0.5) is 10.2 Å². The van der Waals surface area contributed by atoms with Gasteiger partial charge in [0.25, 0.3) is 5.91 Å². The molecule has 2 bridgehead atoms. The second-order valence-electron chi connectivity index (χ2n) is 9.00. The van der Waals surface area contributed by atoms with Gasteiger partial charge in [-0.05, 0) is 48.8 Å². The molecule has 3 aromatic rings. The van der Waals surface area contributed by atoms with Crippen molar-refractivity contribution < 1.29 is 9.18 Å². The first kappa shape index (κ1) is 19.0. The molecule has 0 aliphatic carbocycles. The number of nitrogens with zero attached hydrogens (tertiary/aromatic N) is 5. The average molecular weight is 408 g/mol. The average Bonchev–Trinajstić information content (AvgIpc) is 3.37. The van der Waals surface area contributed by atoms with Crippen molar-refractivity contribution in [1.82, 2.24) is 24.9 Å². The summed E-state index contributed by atoms with van der Waals surface area (Å²) in [5.41, 5.74) is 2.73. The van der Waals surface area contributed by atoms with E-state index in [4.69, 9.17) is 4.98 Å². The van der Waals surface area contributed by atoms with E-state index >= 15 is 0 Å². The molecule has 1 fully saturated rings. The number of rotatable bonds is 0. The number of nitrogens with one attached hydrogen (secondary N) is 1. The van der Waals surface area contributed by atoms with Crippen molar-refractivity contribution in [2.24, 2.45) is 5.41 Å². The first-order chi connectivity index (χ1) is 14.4. The molecular formula is C22H25FN6O. The number of carbonyl (C=O) groups is 1. The molecule has 0 saturated carbocycles. The number of pyridine rings is 1. The summed E-state index contributed by atoms with van der Waals surface area (Å²) >= 11 is 0. The van der Waals surface area contributed by atoms with Crippen molar-refractivity contribution >= 4 is 17.4 Å². The van der Waals surface area contributed by atoms with Gasteiger partial charge in [-0.15, -0.1) is 0 Å². The molecule has 7 nitrogen and oxygen atoms in total. The zero-order valence-electron chi connectivity index (χ0n) is 17.2. The molecule has 3 aromatic heterocycles. The molecule has 2 aliphatic rings. The Balaban J connectivity index is 1.67. The second-order valence-corrected chi connectivity index (χ2v) is 9.00. The van der Waals surface area contributed by atoms with Gasteiger partial charge in [-0.1, -0.05) is 13.8 Å². The molecule has 1 amide bonds. The summed E-state index contributed by atoms with van der Waals surface area (Å²) < 4.78 is 15.8. The Morgan fingerprint density at radius 3 is 3.03 bits per heavy atom. The number of carbonyl (C=O) groups excluding carboxylic acids is 1. The summed E-state index contributed by atoms with van der Waals surface area (Å²) in [6.07, 6.45) is 8.17. The normalized spacial score (nSPS) is 21.2. The largest absolute Gasteiger partial charge is 0.351 e. The van der Waals surface area contributed by atoms with E-state index in [1.807, 2.05) is 12.3 Å². The maximum absolute atomic E-state index is 14.2. The molecule has 5 rings (SSSR count). The highest BCUT2D eigenvalue weighted by Gasteiger charge is 2.31. The first-order valence-corrected chi connectivity index (χ1v) is 10.4. The van der Waals surface area contributed by atoms with Gasteiger partial charge in [-0.3, -0.25) is 9.78 Å². The molecule has 2 aliphatic heterocycles. The van der Waals surface area contributed by atoms with E-state index in [-0.39, 0.29) is 23.2 Å². The van der Waals surface area contributed by atoms with E-state index in [1.54, 1.807) is 16.8 Å². The Labute approximate surface area is 174 Å². The van der Waals surface area contributed by atoms with Crippen LogP contribution in [0.15, 0.2) is 30.7 Å². The van der Waals surface area contributed by atoms with Crippen LogP contribution in [0.3, 0.4) is 0 Å². The Morgan fingerprint density at radius 1 is 1.30 bits per heavy atom. The summed E-state index contributed by atoms with van der Waals surface area (Å²) in [5, 5.41) is 7.32. The van der Waals surface area contributed by atoms with Gasteiger partial charge in [0.15, 0.2) is 5.65 Å². The van der Waals surface area contributed by atoms with Crippen molar-refractivity contribution in [1.29, 1.82) is 0 Å². The van der Waals surface area contributed by atoms with Gasteiger partial charge < -0.3 is 10.2 Å². The van der Waals surface area contributed by atoms with E-state index in [0.29, 0.717) is 17.8 Å². The summed E-state index contributed by atoms with van der Waals surface area (Å²) in [7, 11) is 0. The lowest BCUT2D eigenvalue weighted by Crippen LogP contribution is -2.34. The highest BCUT2D eigenvalue weighted by atomic mass is 19.1. The molecule has 8 heteroatoms. The molecule has 0 spiro atoms. The summed E-state index contributed by atoms with van der Waals surface area (Å²) in [6, 6.07) is 3.56. The van der Waals surface area contributed by atoms with Crippen LogP contribution in [0.5, 0.6) is 0 Å². The lowest BCUT2D eigenvalue weighted by Gasteiger charge is -2.29. The molecule has 0 unspecified atom stereocenters. The van der Waals surface area contributed by atoms with Gasteiger partial charge in [0, 0.05) is 25.0 Å². The fraction of sp³-hybridized carbons (Fsp3) is 0.455. The number of anilines is 1. The van der Waals surface area contributed by atoms with Gasteiger partial charge in [-0.25, -0.2) is 13.9 Å². The molecular weight excluding hydrogens is 383 g/mol. The van der Waals surface area contributed by atoms with Crippen LogP contribution in [0.25, 0.3) is 5.65 Å². The molecule has 1 N–H and O–H groups in total. The van der Waals surface area contributed by atoms with Gasteiger partial charge in [0.2, 0.25) is 0 Å². The highest BCUT2D eigenvalue weighted by molar-refractivity contribution is 5.99. The van der Waals surface area contributed by atoms with Gasteiger partial charge in [0.05, 0.1) is 18.4 Å². The molecule has 5 heterocycles. The van der Waals surface area contributed by atoms with Gasteiger partial charge >= 0.3 is 0 Å². The van der Waals surface area contributed by atoms with Crippen LogP contribution < -0.4 is 10.2 Å². The molecule has 156 valence electrons. The van der Waals surface area contributed by atoms with Crippen molar-refractivity contribution in [3.05, 3.63) is 53.4 Å². The smallest absolute Gasteiger partial charge is 0.256 e. The Morgan fingerprint density at radius 2 is 2.17 bits per heavy atom. The number of aromatic nitrogens is 4. The second kappa shape index (κ2) is 7.04. The lowest BCUT2D eigenvalue weighted by molar-refractivity contribution is 0.0936. The van der Waals surface area contributed by atoms with Crippen LogP contribution >= 0.6 is 0 Å². The van der Waals surface area contributed by atoms with Crippen LogP contribution in [0.2, 0.25) is 0 Å². The van der Waals surface area contributed by atoms with Crippen molar-refractivity contribution in [2.75, 3.05) is 18.0 Å². The lowest BCUT2D eigenvalue weighted by atomic mass is 9.85. The fourth-order valence-electron chi connectivity index (χ4n) is 4.48. The van der Waals surface area contributed by atoms with E-state index in [1.165, 1.54) is 6.20 Å². The van der Waals surface area contributed by atoms with Crippen LogP contribution in [0, 0.1) is 11.2 Å². The molecule has 1 atom stereocenters.